The van der Waals surface area contributed by atoms with Crippen molar-refractivity contribution >= 4 is 17.2 Å². The third kappa shape index (κ3) is 3.52. The van der Waals surface area contributed by atoms with Gasteiger partial charge in [-0.05, 0) is 25.0 Å². The number of H-pyrrole nitrogens is 1. The van der Waals surface area contributed by atoms with Gasteiger partial charge in [-0.25, -0.2) is 9.97 Å². The molecule has 7 heteroatoms. The first-order valence-electron chi connectivity index (χ1n) is 7.64. The van der Waals surface area contributed by atoms with Gasteiger partial charge in [0.2, 0.25) is 0 Å². The summed E-state index contributed by atoms with van der Waals surface area (Å²) in [6.45, 7) is 4.24. The highest BCUT2D eigenvalue weighted by atomic mass is 32.1. The monoisotopic (exact) mass is 341 g/mol. The second-order valence-electron chi connectivity index (χ2n) is 5.58. The number of aryl methyl sites for hydroxylation is 1. The molecule has 3 rings (SSSR count). The van der Waals surface area contributed by atoms with Crippen LogP contribution in [0.4, 0.5) is 0 Å². The van der Waals surface area contributed by atoms with Crippen molar-refractivity contribution in [3.63, 3.8) is 0 Å². The summed E-state index contributed by atoms with van der Waals surface area (Å²) in [6.07, 6.45) is 3.40. The maximum absolute atomic E-state index is 12.4. The van der Waals surface area contributed by atoms with E-state index in [1.807, 2.05) is 38.1 Å². The molecule has 124 valence electrons. The molecule has 2 heterocycles. The Bertz CT molecular complexity index is 821. The minimum atomic E-state index is -0.126. The highest BCUT2D eigenvalue weighted by Gasteiger charge is 2.17. The van der Waals surface area contributed by atoms with E-state index < -0.39 is 0 Å². The Kier molecular flexibility index (Phi) is 4.73. The summed E-state index contributed by atoms with van der Waals surface area (Å²) in [5.74, 6) is 0.549. The molecular weight excluding hydrogens is 322 g/mol. The number of imidazole rings is 1. The van der Waals surface area contributed by atoms with Gasteiger partial charge in [0.05, 0.1) is 5.69 Å². The van der Waals surface area contributed by atoms with Crippen molar-refractivity contribution in [1.29, 1.82) is 0 Å². The molecule has 0 bridgehead atoms. The molecule has 0 aliphatic rings. The van der Waals surface area contributed by atoms with E-state index in [9.17, 15) is 4.79 Å². The molecule has 1 atom stereocenters. The summed E-state index contributed by atoms with van der Waals surface area (Å²) < 4.78 is 0. The van der Waals surface area contributed by atoms with Crippen molar-refractivity contribution in [2.45, 2.75) is 26.4 Å². The van der Waals surface area contributed by atoms with Crippen molar-refractivity contribution in [2.75, 3.05) is 0 Å². The molecule has 3 aromatic rings. The van der Waals surface area contributed by atoms with Gasteiger partial charge < -0.3 is 16.0 Å². The predicted octanol–water partition coefficient (Wildman–Crippen LogP) is 2.79. The average Bonchev–Trinajstić information content (AvgIpc) is 3.22. The molecular formula is C17H19N5OS. The van der Waals surface area contributed by atoms with Gasteiger partial charge in [0.25, 0.3) is 5.91 Å². The molecule has 4 N–H and O–H groups in total. The van der Waals surface area contributed by atoms with Crippen LogP contribution in [0.2, 0.25) is 0 Å². The molecule has 0 fully saturated rings. The molecule has 0 radical (unpaired) electrons. The molecule has 1 aromatic carbocycles. The van der Waals surface area contributed by atoms with E-state index in [1.165, 1.54) is 11.3 Å². The van der Waals surface area contributed by atoms with E-state index in [0.29, 0.717) is 27.9 Å². The smallest absolute Gasteiger partial charge is 0.263 e. The molecule has 0 saturated carbocycles. The molecule has 2 aromatic heterocycles. The summed E-state index contributed by atoms with van der Waals surface area (Å²) in [4.78, 5) is 24.6. The van der Waals surface area contributed by atoms with Crippen LogP contribution in [0.3, 0.4) is 0 Å². The molecule has 0 saturated heterocycles. The van der Waals surface area contributed by atoms with E-state index in [1.54, 1.807) is 12.4 Å². The number of nitrogens with two attached hydrogens (primary N) is 1. The summed E-state index contributed by atoms with van der Waals surface area (Å²) >= 11 is 1.33. The van der Waals surface area contributed by atoms with Gasteiger partial charge in [-0.1, -0.05) is 24.3 Å². The fourth-order valence-electron chi connectivity index (χ4n) is 2.29. The number of carbonyl (C=O) groups is 1. The van der Waals surface area contributed by atoms with Crippen LogP contribution in [0.1, 0.15) is 39.5 Å². The van der Waals surface area contributed by atoms with Crippen molar-refractivity contribution < 1.29 is 4.79 Å². The van der Waals surface area contributed by atoms with E-state index in [4.69, 9.17) is 5.73 Å². The van der Waals surface area contributed by atoms with Gasteiger partial charge >= 0.3 is 0 Å². The number of thiazole rings is 1. The fourth-order valence-corrected chi connectivity index (χ4v) is 3.23. The Labute approximate surface area is 144 Å². The van der Waals surface area contributed by atoms with Gasteiger partial charge in [0, 0.05) is 25.0 Å². The lowest BCUT2D eigenvalue weighted by molar-refractivity contribution is 0.0954. The minimum Gasteiger partial charge on any atom is -0.347 e. The number of amides is 1. The standard InChI is InChI=1S/C17H19N5OS/c1-10(18)13-5-3-12(4-6-13)9-21-16(23)14-11(2)22-17(24-14)15-19-7-8-20-15/h3-8,10H,9,18H2,1-2H3,(H,19,20)(H,21,23)/t10-/m1/s1. The van der Waals surface area contributed by atoms with Crippen LogP contribution < -0.4 is 11.1 Å². The predicted molar refractivity (Wildman–Crippen MR) is 94.6 cm³/mol. The lowest BCUT2D eigenvalue weighted by Gasteiger charge is -2.08. The minimum absolute atomic E-state index is 0.00788. The molecule has 1 amide bonds. The Morgan fingerprint density at radius 2 is 2.12 bits per heavy atom. The third-order valence-electron chi connectivity index (χ3n) is 3.66. The molecule has 0 spiro atoms. The Morgan fingerprint density at radius 1 is 1.38 bits per heavy atom. The zero-order chi connectivity index (χ0) is 17.1. The Morgan fingerprint density at radius 3 is 2.75 bits per heavy atom. The van der Waals surface area contributed by atoms with Crippen molar-refractivity contribution in [3.05, 3.63) is 58.4 Å². The van der Waals surface area contributed by atoms with E-state index in [0.717, 1.165) is 11.1 Å². The lowest BCUT2D eigenvalue weighted by Crippen LogP contribution is -2.22. The number of benzene rings is 1. The second-order valence-corrected chi connectivity index (χ2v) is 6.58. The quantitative estimate of drug-likeness (QED) is 0.665. The first-order valence-corrected chi connectivity index (χ1v) is 8.46. The number of nitrogens with one attached hydrogen (secondary N) is 2. The molecule has 6 nitrogen and oxygen atoms in total. The summed E-state index contributed by atoms with van der Waals surface area (Å²) in [6, 6.07) is 7.94. The lowest BCUT2D eigenvalue weighted by atomic mass is 10.1. The topological polar surface area (TPSA) is 96.7 Å². The molecule has 0 aliphatic carbocycles. The van der Waals surface area contributed by atoms with Crippen LogP contribution in [0, 0.1) is 6.92 Å². The zero-order valence-corrected chi connectivity index (χ0v) is 14.4. The van der Waals surface area contributed by atoms with Crippen LogP contribution in [-0.2, 0) is 6.54 Å². The van der Waals surface area contributed by atoms with Crippen LogP contribution >= 0.6 is 11.3 Å². The number of carbonyl (C=O) groups excluding carboxylic acids is 1. The van der Waals surface area contributed by atoms with Crippen LogP contribution in [0.5, 0.6) is 0 Å². The van der Waals surface area contributed by atoms with Crippen molar-refractivity contribution in [3.8, 4) is 10.8 Å². The van der Waals surface area contributed by atoms with Gasteiger partial charge in [0.15, 0.2) is 10.8 Å². The van der Waals surface area contributed by atoms with E-state index in [-0.39, 0.29) is 11.9 Å². The maximum atomic E-state index is 12.4. The maximum Gasteiger partial charge on any atom is 0.263 e. The molecule has 0 aliphatic heterocycles. The van der Waals surface area contributed by atoms with Crippen molar-refractivity contribution in [2.24, 2.45) is 5.73 Å². The van der Waals surface area contributed by atoms with Crippen molar-refractivity contribution in [1.82, 2.24) is 20.3 Å². The number of nitrogens with zero attached hydrogens (tertiary/aromatic N) is 2. The zero-order valence-electron chi connectivity index (χ0n) is 13.5. The first kappa shape index (κ1) is 16.4. The van der Waals surface area contributed by atoms with Gasteiger partial charge in [0.1, 0.15) is 4.88 Å². The molecule has 0 unspecified atom stereocenters. The number of hydrogen-bond donors (Lipinski definition) is 3. The average molecular weight is 341 g/mol. The van der Waals surface area contributed by atoms with Crippen LogP contribution in [-0.4, -0.2) is 20.9 Å². The Hall–Kier alpha value is -2.51. The van der Waals surface area contributed by atoms with Crippen LogP contribution in [0.25, 0.3) is 10.8 Å². The second kappa shape index (κ2) is 6.94. The van der Waals surface area contributed by atoms with Crippen LogP contribution in [0.15, 0.2) is 36.7 Å². The van der Waals surface area contributed by atoms with Gasteiger partial charge in [-0.15, -0.1) is 11.3 Å². The van der Waals surface area contributed by atoms with Gasteiger partial charge in [-0.3, -0.25) is 4.79 Å². The summed E-state index contributed by atoms with van der Waals surface area (Å²) in [5.41, 5.74) is 8.65. The molecule has 24 heavy (non-hydrogen) atoms. The number of aromatic nitrogens is 3. The van der Waals surface area contributed by atoms with E-state index in [2.05, 4.69) is 20.3 Å². The largest absolute Gasteiger partial charge is 0.347 e. The number of aromatic amines is 1. The highest BCUT2D eigenvalue weighted by Crippen LogP contribution is 2.25. The fraction of sp³-hybridized carbons (Fsp3) is 0.235. The first-order chi connectivity index (χ1) is 11.5. The highest BCUT2D eigenvalue weighted by molar-refractivity contribution is 7.17. The SMILES string of the molecule is Cc1nc(-c2ncc[nH]2)sc1C(=O)NCc1ccc([C@@H](C)N)cc1. The summed E-state index contributed by atoms with van der Waals surface area (Å²) in [7, 11) is 0. The Balaban J connectivity index is 1.67. The number of rotatable bonds is 5. The van der Waals surface area contributed by atoms with E-state index >= 15 is 0 Å². The normalized spacial score (nSPS) is 12.1. The summed E-state index contributed by atoms with van der Waals surface area (Å²) in [5, 5.41) is 3.64. The third-order valence-corrected chi connectivity index (χ3v) is 4.83. The number of hydrogen-bond acceptors (Lipinski definition) is 5. The van der Waals surface area contributed by atoms with Gasteiger partial charge in [-0.2, -0.15) is 0 Å².